The average Bonchev–Trinajstić information content (AvgIpc) is 2.86. The van der Waals surface area contributed by atoms with Crippen LogP contribution >= 0.6 is 0 Å². The van der Waals surface area contributed by atoms with E-state index in [1.54, 1.807) is 0 Å². The van der Waals surface area contributed by atoms with Gasteiger partial charge in [-0.3, -0.25) is 9.59 Å². The summed E-state index contributed by atoms with van der Waals surface area (Å²) in [4.78, 5) is 38.4. The summed E-state index contributed by atoms with van der Waals surface area (Å²) in [5, 5.41) is 136. The van der Waals surface area contributed by atoms with Gasteiger partial charge < -0.3 is 100 Å². The first-order valence-electron chi connectivity index (χ1n) is 31.5. The van der Waals surface area contributed by atoms with Gasteiger partial charge in [-0.25, -0.2) is 4.79 Å². The van der Waals surface area contributed by atoms with Gasteiger partial charge in [-0.05, 0) is 38.5 Å². The van der Waals surface area contributed by atoms with Gasteiger partial charge in [0, 0.05) is 19.8 Å². The lowest BCUT2D eigenvalue weighted by atomic mass is 9.88. The second-order valence-corrected chi connectivity index (χ2v) is 23.3. The number of ether oxygens (including phenoxy) is 6. The molecule has 486 valence electrons. The minimum atomic E-state index is -3.08. The normalized spacial score (nSPS) is 30.0. The van der Waals surface area contributed by atoms with Gasteiger partial charge in [-0.15, -0.1) is 0 Å². The molecule has 0 aromatic rings. The van der Waals surface area contributed by atoms with Crippen LogP contribution in [-0.4, -0.2) is 215 Å². The Balaban J connectivity index is 1.65. The molecule has 3 rings (SSSR count). The molecular formula is C60H110N2O21. The van der Waals surface area contributed by atoms with E-state index in [2.05, 4.69) is 36.6 Å². The molecule has 3 fully saturated rings. The minimum Gasteiger partial charge on any atom is -0.477 e. The number of unbranched alkanes of at least 4 members (excludes halogenated alkanes) is 24. The second kappa shape index (κ2) is 42.4. The molecule has 23 heteroatoms. The van der Waals surface area contributed by atoms with Crippen molar-refractivity contribution in [1.29, 1.82) is 0 Å². The van der Waals surface area contributed by atoms with E-state index in [0.717, 1.165) is 84.0 Å². The van der Waals surface area contributed by atoms with Crippen LogP contribution in [0, 0.1) is 0 Å². The van der Waals surface area contributed by atoms with Crippen molar-refractivity contribution in [3.8, 4) is 0 Å². The number of nitrogens with one attached hydrogen (secondary N) is 2. The number of rotatable bonds is 46. The van der Waals surface area contributed by atoms with Crippen molar-refractivity contribution in [2.75, 3.05) is 26.4 Å². The van der Waals surface area contributed by atoms with E-state index in [-0.39, 0.29) is 18.9 Å². The summed E-state index contributed by atoms with van der Waals surface area (Å²) in [6.45, 7) is 2.16. The van der Waals surface area contributed by atoms with Crippen molar-refractivity contribution in [2.45, 2.75) is 323 Å². The predicted octanol–water partition coefficient (Wildman–Crippen LogP) is 3.56. The highest BCUT2D eigenvalue weighted by Crippen LogP contribution is 2.38. The van der Waals surface area contributed by atoms with E-state index in [4.69, 9.17) is 28.4 Å². The van der Waals surface area contributed by atoms with Crippen molar-refractivity contribution in [3.63, 3.8) is 0 Å². The molecule has 3 aliphatic heterocycles. The zero-order valence-corrected chi connectivity index (χ0v) is 50.1. The van der Waals surface area contributed by atoms with Crippen LogP contribution in [0.2, 0.25) is 0 Å². The Morgan fingerprint density at radius 1 is 0.614 bits per heavy atom. The Labute approximate surface area is 492 Å². The molecule has 0 bridgehead atoms. The fourth-order valence-electron chi connectivity index (χ4n) is 11.1. The van der Waals surface area contributed by atoms with Gasteiger partial charge in [0.05, 0.1) is 50.7 Å². The molecule has 14 N–H and O–H groups in total. The number of hydrogen-bond acceptors (Lipinski definition) is 20. The van der Waals surface area contributed by atoms with Crippen molar-refractivity contribution < 1.29 is 104 Å². The quantitative estimate of drug-likeness (QED) is 0.0306. The second-order valence-electron chi connectivity index (χ2n) is 23.3. The molecule has 0 spiro atoms. The summed E-state index contributed by atoms with van der Waals surface area (Å²) in [6.07, 6.45) is 6.56. The molecule has 83 heavy (non-hydrogen) atoms. The molecule has 3 saturated heterocycles. The van der Waals surface area contributed by atoms with Gasteiger partial charge in [0.2, 0.25) is 11.8 Å². The number of amides is 2. The van der Waals surface area contributed by atoms with E-state index in [0.29, 0.717) is 19.3 Å². The zero-order chi connectivity index (χ0) is 61.2. The number of aliphatic hydroxyl groups excluding tert-OH is 11. The van der Waals surface area contributed by atoms with E-state index in [1.807, 2.05) is 0 Å². The number of aliphatic hydroxyl groups is 11. The molecule has 2 amide bonds. The van der Waals surface area contributed by atoms with Gasteiger partial charge in [-0.2, -0.15) is 0 Å². The SMILES string of the molecule is CCCCCC/C=C\CCCCCCCCCC(=O)NC(COC1OC(CO)C(OC2OC(CO)C(O)C(OC3(C(=O)O)CC(O)C(NC(C)=O)C(C(O)C(O)CO)O3)C2O)C(O)C1O)C(O)CCCCCCCCCCCCCCCC. The van der Waals surface area contributed by atoms with Crippen LogP contribution in [0.15, 0.2) is 12.2 Å². The van der Waals surface area contributed by atoms with Crippen LogP contribution in [0.5, 0.6) is 0 Å². The lowest BCUT2D eigenvalue weighted by molar-refractivity contribution is -0.386. The van der Waals surface area contributed by atoms with Gasteiger partial charge >= 0.3 is 5.97 Å². The first-order valence-corrected chi connectivity index (χ1v) is 31.5. The van der Waals surface area contributed by atoms with Gasteiger partial charge in [0.25, 0.3) is 5.79 Å². The van der Waals surface area contributed by atoms with Gasteiger partial charge in [-0.1, -0.05) is 167 Å². The first kappa shape index (κ1) is 74.7. The lowest BCUT2D eigenvalue weighted by Crippen LogP contribution is -2.70. The molecule has 18 unspecified atom stereocenters. The zero-order valence-electron chi connectivity index (χ0n) is 50.1. The Hall–Kier alpha value is -2.53. The summed E-state index contributed by atoms with van der Waals surface area (Å²) in [5.41, 5.74) is 0. The maximum atomic E-state index is 13.4. The minimum absolute atomic E-state index is 0.219. The molecule has 0 aliphatic carbocycles. The van der Waals surface area contributed by atoms with E-state index < -0.39 is 148 Å². The molecule has 0 radical (unpaired) electrons. The highest BCUT2D eigenvalue weighted by molar-refractivity contribution is 5.77. The van der Waals surface area contributed by atoms with E-state index in [1.165, 1.54) is 83.5 Å². The van der Waals surface area contributed by atoms with E-state index in [9.17, 15) is 75.7 Å². The average molecular weight is 1200 g/mol. The Bertz CT molecular complexity index is 1750. The number of carboxylic acid groups (broad SMARTS) is 1. The van der Waals surface area contributed by atoms with Crippen molar-refractivity contribution in [2.24, 2.45) is 0 Å². The molecular weight excluding hydrogens is 1080 g/mol. The highest BCUT2D eigenvalue weighted by Gasteiger charge is 2.60. The maximum Gasteiger partial charge on any atom is 0.364 e. The third kappa shape index (κ3) is 26.4. The summed E-state index contributed by atoms with van der Waals surface area (Å²) >= 11 is 0. The fourth-order valence-corrected chi connectivity index (χ4v) is 11.1. The Morgan fingerprint density at radius 3 is 1.64 bits per heavy atom. The largest absolute Gasteiger partial charge is 0.477 e. The number of carboxylic acids is 1. The topological polar surface area (TPSA) is 373 Å². The number of allylic oxidation sites excluding steroid dienone is 2. The maximum absolute atomic E-state index is 13.4. The third-order valence-corrected chi connectivity index (χ3v) is 16.2. The van der Waals surface area contributed by atoms with Crippen LogP contribution in [0.25, 0.3) is 0 Å². The molecule has 23 nitrogen and oxygen atoms in total. The molecule has 18 atom stereocenters. The Morgan fingerprint density at radius 2 is 1.12 bits per heavy atom. The summed E-state index contributed by atoms with van der Waals surface area (Å²) in [5.74, 6) is -6.11. The monoisotopic (exact) mass is 1190 g/mol. The summed E-state index contributed by atoms with van der Waals surface area (Å²) in [6, 6.07) is -2.53. The van der Waals surface area contributed by atoms with Crippen LogP contribution in [-0.2, 0) is 42.8 Å². The number of carbonyl (C=O) groups is 3. The Kier molecular flexibility index (Phi) is 38.1. The third-order valence-electron chi connectivity index (χ3n) is 16.2. The number of hydrogen-bond donors (Lipinski definition) is 14. The summed E-state index contributed by atoms with van der Waals surface area (Å²) < 4.78 is 34.7. The lowest BCUT2D eigenvalue weighted by Gasteiger charge is -2.50. The van der Waals surface area contributed by atoms with Crippen molar-refractivity contribution in [1.82, 2.24) is 10.6 Å². The molecule has 0 aromatic heterocycles. The molecule has 0 aromatic carbocycles. The van der Waals surface area contributed by atoms with E-state index >= 15 is 0 Å². The van der Waals surface area contributed by atoms with Crippen LogP contribution < -0.4 is 10.6 Å². The number of carbonyl (C=O) groups excluding carboxylic acids is 2. The van der Waals surface area contributed by atoms with Crippen LogP contribution in [0.3, 0.4) is 0 Å². The van der Waals surface area contributed by atoms with Crippen molar-refractivity contribution >= 4 is 17.8 Å². The smallest absolute Gasteiger partial charge is 0.364 e. The molecule has 3 heterocycles. The van der Waals surface area contributed by atoms with Gasteiger partial charge in [0.1, 0.15) is 67.1 Å². The van der Waals surface area contributed by atoms with Gasteiger partial charge in [0.15, 0.2) is 12.6 Å². The highest BCUT2D eigenvalue weighted by atomic mass is 16.8. The van der Waals surface area contributed by atoms with Crippen LogP contribution in [0.1, 0.15) is 213 Å². The first-order chi connectivity index (χ1) is 39.9. The predicted molar refractivity (Wildman–Crippen MR) is 306 cm³/mol. The molecule has 0 saturated carbocycles. The molecule has 3 aliphatic rings. The van der Waals surface area contributed by atoms with Crippen LogP contribution in [0.4, 0.5) is 0 Å². The number of aliphatic carboxylic acids is 1. The fraction of sp³-hybridized carbons (Fsp3) is 0.917. The van der Waals surface area contributed by atoms with Crippen molar-refractivity contribution in [3.05, 3.63) is 12.2 Å². The summed E-state index contributed by atoms with van der Waals surface area (Å²) in [7, 11) is 0. The standard InChI is InChI=1S/C60H110N2O21/c1-4-6-8-10-12-14-16-18-20-22-24-26-28-30-32-34-47(70)62-41(42(67)33-31-29-27-25-23-21-19-17-15-13-11-9-7-5-2)39-78-57-52(74)51(73)54(46(38-65)80-57)81-58-53(75)56(50(72)45(37-64)79-58)83-60(59(76)77)35-43(68)48(61-40(3)66)55(82-60)49(71)44(69)36-63/h14,16,41-46,48-58,63-65,67-69,71-75H,4-13,15,17-39H2,1-3H3,(H,61,66)(H,62,70)(H,76,77)/b16-14-.